The number of hydrogen-bond donors (Lipinski definition) is 2. The van der Waals surface area contributed by atoms with Gasteiger partial charge in [0.25, 0.3) is 0 Å². The molecule has 15 heavy (non-hydrogen) atoms. The van der Waals surface area contributed by atoms with Crippen molar-refractivity contribution in [3.63, 3.8) is 0 Å². The zero-order chi connectivity index (χ0) is 10.7. The summed E-state index contributed by atoms with van der Waals surface area (Å²) in [6, 6.07) is 3.97. The molecule has 0 aliphatic heterocycles. The van der Waals surface area contributed by atoms with Crippen LogP contribution in [0.25, 0.3) is 0 Å². The summed E-state index contributed by atoms with van der Waals surface area (Å²) in [5.41, 5.74) is 0.678. The number of nitrogens with zero attached hydrogens (tertiary/aromatic N) is 1. The van der Waals surface area contributed by atoms with Crippen molar-refractivity contribution in [2.45, 2.75) is 38.2 Å². The van der Waals surface area contributed by atoms with E-state index in [9.17, 15) is 5.11 Å². The molecule has 2 N–H and O–H groups in total. The molecule has 1 fully saturated rings. The molecule has 0 amide bonds. The minimum atomic E-state index is -0.509. The molecule has 3 heteroatoms. The molecule has 1 saturated carbocycles. The maximum Gasteiger partial charge on any atom is 0.126 e. The fourth-order valence-electron chi connectivity index (χ4n) is 2.10. The maximum absolute atomic E-state index is 10.1. The van der Waals surface area contributed by atoms with E-state index in [0.717, 1.165) is 31.5 Å². The molecule has 0 saturated heterocycles. The van der Waals surface area contributed by atoms with Gasteiger partial charge in [0.1, 0.15) is 5.82 Å². The minimum absolute atomic E-state index is 0.509. The topological polar surface area (TPSA) is 45.2 Å². The Balaban J connectivity index is 1.92. The molecule has 1 aromatic rings. The minimum Gasteiger partial charge on any atom is -0.388 e. The van der Waals surface area contributed by atoms with E-state index in [-0.39, 0.29) is 0 Å². The van der Waals surface area contributed by atoms with Crippen molar-refractivity contribution in [2.24, 2.45) is 0 Å². The van der Waals surface area contributed by atoms with Crippen LogP contribution < -0.4 is 5.32 Å². The lowest BCUT2D eigenvalue weighted by Crippen LogP contribution is -2.33. The second-order valence-electron chi connectivity index (χ2n) is 4.50. The van der Waals surface area contributed by atoms with E-state index in [4.69, 9.17) is 0 Å². The van der Waals surface area contributed by atoms with Crippen molar-refractivity contribution in [3.05, 3.63) is 23.9 Å². The third-order valence-corrected chi connectivity index (χ3v) is 3.05. The molecule has 0 spiro atoms. The summed E-state index contributed by atoms with van der Waals surface area (Å²) in [5.74, 6) is 0.857. The van der Waals surface area contributed by atoms with Gasteiger partial charge in [0, 0.05) is 12.7 Å². The number of pyridine rings is 1. The smallest absolute Gasteiger partial charge is 0.126 e. The predicted octanol–water partition coefficient (Wildman–Crippen LogP) is 2.11. The van der Waals surface area contributed by atoms with E-state index < -0.39 is 5.60 Å². The summed E-state index contributed by atoms with van der Waals surface area (Å²) in [4.78, 5) is 4.21. The van der Waals surface area contributed by atoms with Crippen molar-refractivity contribution < 1.29 is 5.11 Å². The van der Waals surface area contributed by atoms with E-state index in [2.05, 4.69) is 10.3 Å². The van der Waals surface area contributed by atoms with Gasteiger partial charge in [0.15, 0.2) is 0 Å². The van der Waals surface area contributed by atoms with Crippen molar-refractivity contribution in [1.82, 2.24) is 4.98 Å². The van der Waals surface area contributed by atoms with Crippen LogP contribution in [-0.4, -0.2) is 22.2 Å². The van der Waals surface area contributed by atoms with Crippen molar-refractivity contribution in [2.75, 3.05) is 11.9 Å². The SMILES string of the molecule is Cc1ccnc(NCC2(O)CCCC2)c1. The van der Waals surface area contributed by atoms with Crippen LogP contribution in [0.2, 0.25) is 0 Å². The van der Waals surface area contributed by atoms with Gasteiger partial charge in [-0.3, -0.25) is 0 Å². The molecule has 1 aliphatic rings. The Morgan fingerprint density at radius 2 is 2.20 bits per heavy atom. The lowest BCUT2D eigenvalue weighted by Gasteiger charge is -2.22. The Kier molecular flexibility index (Phi) is 2.91. The van der Waals surface area contributed by atoms with Gasteiger partial charge in [-0.05, 0) is 37.5 Å². The van der Waals surface area contributed by atoms with Crippen molar-refractivity contribution >= 4 is 5.82 Å². The van der Waals surface area contributed by atoms with E-state index in [1.165, 1.54) is 5.56 Å². The lowest BCUT2D eigenvalue weighted by atomic mass is 10.0. The van der Waals surface area contributed by atoms with Gasteiger partial charge in [-0.1, -0.05) is 12.8 Å². The molecule has 0 bridgehead atoms. The molecule has 0 atom stereocenters. The molecule has 0 aromatic carbocycles. The second-order valence-corrected chi connectivity index (χ2v) is 4.50. The first-order valence-electron chi connectivity index (χ1n) is 5.57. The van der Waals surface area contributed by atoms with Crippen LogP contribution in [0.3, 0.4) is 0 Å². The monoisotopic (exact) mass is 206 g/mol. The summed E-state index contributed by atoms with van der Waals surface area (Å²) in [6.45, 7) is 2.65. The second kappa shape index (κ2) is 4.19. The van der Waals surface area contributed by atoms with Crippen molar-refractivity contribution in [1.29, 1.82) is 0 Å². The van der Waals surface area contributed by atoms with Crippen LogP contribution in [0, 0.1) is 6.92 Å². The molecule has 1 heterocycles. The molecule has 3 nitrogen and oxygen atoms in total. The molecular weight excluding hydrogens is 188 g/mol. The summed E-state index contributed by atoms with van der Waals surface area (Å²) >= 11 is 0. The Bertz CT molecular complexity index is 332. The molecule has 0 unspecified atom stereocenters. The first-order valence-corrected chi connectivity index (χ1v) is 5.57. The highest BCUT2D eigenvalue weighted by atomic mass is 16.3. The number of anilines is 1. The predicted molar refractivity (Wildman–Crippen MR) is 60.9 cm³/mol. The Morgan fingerprint density at radius 3 is 2.87 bits per heavy atom. The number of aliphatic hydroxyl groups is 1. The zero-order valence-electron chi connectivity index (χ0n) is 9.16. The quantitative estimate of drug-likeness (QED) is 0.796. The summed E-state index contributed by atoms with van der Waals surface area (Å²) < 4.78 is 0. The van der Waals surface area contributed by atoms with Crippen LogP contribution in [0.15, 0.2) is 18.3 Å². The number of aromatic nitrogens is 1. The Morgan fingerprint density at radius 1 is 1.47 bits per heavy atom. The van der Waals surface area contributed by atoms with Crippen molar-refractivity contribution in [3.8, 4) is 0 Å². The van der Waals surface area contributed by atoms with Gasteiger partial charge in [0.2, 0.25) is 0 Å². The third-order valence-electron chi connectivity index (χ3n) is 3.05. The average molecular weight is 206 g/mol. The summed E-state index contributed by atoms with van der Waals surface area (Å²) in [5, 5.41) is 13.3. The summed E-state index contributed by atoms with van der Waals surface area (Å²) in [7, 11) is 0. The van der Waals surface area contributed by atoms with Crippen LogP contribution in [0.1, 0.15) is 31.2 Å². The molecule has 1 aliphatic carbocycles. The average Bonchev–Trinajstić information content (AvgIpc) is 2.63. The fourth-order valence-corrected chi connectivity index (χ4v) is 2.10. The highest BCUT2D eigenvalue weighted by molar-refractivity contribution is 5.37. The molecule has 2 rings (SSSR count). The first kappa shape index (κ1) is 10.4. The fraction of sp³-hybridized carbons (Fsp3) is 0.583. The zero-order valence-corrected chi connectivity index (χ0v) is 9.16. The molecule has 1 aromatic heterocycles. The standard InChI is InChI=1S/C12H18N2O/c1-10-4-7-13-11(8-10)14-9-12(15)5-2-3-6-12/h4,7-8,15H,2-3,5-6,9H2,1H3,(H,13,14). The maximum atomic E-state index is 10.1. The van der Waals surface area contributed by atoms with Gasteiger partial charge >= 0.3 is 0 Å². The Labute approximate surface area is 90.5 Å². The molecule has 82 valence electrons. The number of hydrogen-bond acceptors (Lipinski definition) is 3. The van der Waals surface area contributed by atoms with E-state index in [1.54, 1.807) is 6.20 Å². The van der Waals surface area contributed by atoms with Crippen LogP contribution in [-0.2, 0) is 0 Å². The first-order chi connectivity index (χ1) is 7.18. The van der Waals surface area contributed by atoms with E-state index >= 15 is 0 Å². The molecule has 0 radical (unpaired) electrons. The highest BCUT2D eigenvalue weighted by Crippen LogP contribution is 2.29. The number of nitrogens with one attached hydrogen (secondary N) is 1. The van der Waals surface area contributed by atoms with Gasteiger partial charge in [-0.25, -0.2) is 4.98 Å². The number of aryl methyl sites for hydroxylation is 1. The van der Waals surface area contributed by atoms with Crippen LogP contribution >= 0.6 is 0 Å². The van der Waals surface area contributed by atoms with Gasteiger partial charge in [-0.15, -0.1) is 0 Å². The van der Waals surface area contributed by atoms with Gasteiger partial charge < -0.3 is 10.4 Å². The van der Waals surface area contributed by atoms with E-state index in [1.807, 2.05) is 19.1 Å². The third kappa shape index (κ3) is 2.69. The van der Waals surface area contributed by atoms with Gasteiger partial charge in [0.05, 0.1) is 5.60 Å². The van der Waals surface area contributed by atoms with Crippen LogP contribution in [0.5, 0.6) is 0 Å². The summed E-state index contributed by atoms with van der Waals surface area (Å²) in [6.07, 6.45) is 5.88. The van der Waals surface area contributed by atoms with Gasteiger partial charge in [-0.2, -0.15) is 0 Å². The highest BCUT2D eigenvalue weighted by Gasteiger charge is 2.30. The molecular formula is C12H18N2O. The lowest BCUT2D eigenvalue weighted by molar-refractivity contribution is 0.0614. The largest absolute Gasteiger partial charge is 0.388 e. The van der Waals surface area contributed by atoms with Crippen LogP contribution in [0.4, 0.5) is 5.82 Å². The number of rotatable bonds is 3. The normalized spacial score (nSPS) is 19.1. The van der Waals surface area contributed by atoms with E-state index in [0.29, 0.717) is 6.54 Å². The Hall–Kier alpha value is -1.09.